The van der Waals surface area contributed by atoms with Crippen LogP contribution in [-0.2, 0) is 21.3 Å². The molecular weight excluding hydrogens is 318 g/mol. The zero-order valence-electron chi connectivity index (χ0n) is 14.7. The molecule has 3 heterocycles. The van der Waals surface area contributed by atoms with E-state index in [0.29, 0.717) is 19.3 Å². The van der Waals surface area contributed by atoms with Crippen LogP contribution in [0.1, 0.15) is 24.0 Å². The number of hydrogen-bond donors (Lipinski definition) is 0. The first-order valence-electron chi connectivity index (χ1n) is 9.25. The molecule has 5 nitrogen and oxygen atoms in total. The van der Waals surface area contributed by atoms with Crippen molar-refractivity contribution in [2.75, 3.05) is 33.9 Å². The quantitative estimate of drug-likeness (QED) is 0.731. The van der Waals surface area contributed by atoms with Crippen LogP contribution in [0, 0.1) is 0 Å². The maximum absolute atomic E-state index is 6.64. The van der Waals surface area contributed by atoms with E-state index in [-0.39, 0.29) is 11.5 Å². The Morgan fingerprint density at radius 3 is 2.88 bits per heavy atom. The van der Waals surface area contributed by atoms with Crippen LogP contribution in [0.3, 0.4) is 0 Å². The summed E-state index contributed by atoms with van der Waals surface area (Å²) in [5, 5.41) is 0. The number of fused-ring (bicyclic) bond motifs is 1. The van der Waals surface area contributed by atoms with Crippen LogP contribution in [-0.4, -0.2) is 56.7 Å². The van der Waals surface area contributed by atoms with Gasteiger partial charge in [0, 0.05) is 18.0 Å². The molecule has 2 aliphatic carbocycles. The summed E-state index contributed by atoms with van der Waals surface area (Å²) in [6.07, 6.45) is 5.12. The average molecular weight is 341 g/mol. The molecule has 1 aromatic carbocycles. The molecule has 2 bridgehead atoms. The number of rotatable bonds is 1. The fourth-order valence-electron chi connectivity index (χ4n) is 5.99. The fraction of sp³-hybridized carbons (Fsp3) is 0.600. The maximum atomic E-state index is 6.64. The molecular formula is C20H23NO4. The summed E-state index contributed by atoms with van der Waals surface area (Å²) in [6, 6.07) is 4.73. The summed E-state index contributed by atoms with van der Waals surface area (Å²) in [6.45, 7) is 2.35. The first-order valence-corrected chi connectivity index (χ1v) is 9.25. The highest BCUT2D eigenvalue weighted by atomic mass is 16.8. The molecule has 1 unspecified atom stereocenters. The third-order valence-corrected chi connectivity index (χ3v) is 7.02. The number of hydrogen-bond acceptors (Lipinski definition) is 5. The Hall–Kier alpha value is -1.56. The van der Waals surface area contributed by atoms with Gasteiger partial charge in [0.2, 0.25) is 5.79 Å². The van der Waals surface area contributed by atoms with Crippen molar-refractivity contribution in [1.82, 2.24) is 4.90 Å². The van der Waals surface area contributed by atoms with Gasteiger partial charge in [-0.2, -0.15) is 0 Å². The van der Waals surface area contributed by atoms with Crippen molar-refractivity contribution < 1.29 is 18.9 Å². The molecule has 0 N–H and O–H groups in total. The van der Waals surface area contributed by atoms with Crippen molar-refractivity contribution in [2.45, 2.75) is 42.6 Å². The lowest BCUT2D eigenvalue weighted by Crippen LogP contribution is -2.65. The molecule has 6 rings (SSSR count). The molecule has 2 fully saturated rings. The van der Waals surface area contributed by atoms with E-state index < -0.39 is 5.79 Å². The lowest BCUT2D eigenvalue weighted by Gasteiger charge is -2.56. The first kappa shape index (κ1) is 14.6. The number of ether oxygens (including phenoxy) is 4. The molecule has 5 heteroatoms. The molecule has 3 atom stereocenters. The minimum atomic E-state index is -0.650. The van der Waals surface area contributed by atoms with Crippen LogP contribution in [0.4, 0.5) is 0 Å². The highest BCUT2D eigenvalue weighted by molar-refractivity contribution is 5.66. The van der Waals surface area contributed by atoms with Crippen molar-refractivity contribution in [2.24, 2.45) is 0 Å². The number of benzene rings is 1. The van der Waals surface area contributed by atoms with E-state index in [4.69, 9.17) is 18.9 Å². The SMILES string of the molecule is COc1ccc2c3c1O[C@H]1C4(CC=C5C(C2)N(C)CC[C@]531)OCCO4. The van der Waals surface area contributed by atoms with Crippen LogP contribution in [0.15, 0.2) is 23.8 Å². The zero-order valence-corrected chi connectivity index (χ0v) is 14.7. The van der Waals surface area contributed by atoms with Gasteiger partial charge in [-0.15, -0.1) is 0 Å². The van der Waals surface area contributed by atoms with E-state index in [1.165, 1.54) is 16.7 Å². The normalized spacial score (nSPS) is 36.8. The van der Waals surface area contributed by atoms with E-state index in [1.807, 2.05) is 0 Å². The van der Waals surface area contributed by atoms with Gasteiger partial charge < -0.3 is 18.9 Å². The van der Waals surface area contributed by atoms with Crippen molar-refractivity contribution in [3.8, 4) is 11.5 Å². The smallest absolute Gasteiger partial charge is 0.210 e. The summed E-state index contributed by atoms with van der Waals surface area (Å²) in [5.41, 5.74) is 4.11. The second kappa shape index (κ2) is 4.58. The Balaban J connectivity index is 1.66. The Kier molecular flexibility index (Phi) is 2.68. The Morgan fingerprint density at radius 2 is 2.08 bits per heavy atom. The summed E-state index contributed by atoms with van der Waals surface area (Å²) in [7, 11) is 3.96. The molecule has 0 aromatic heterocycles. The fourth-order valence-corrected chi connectivity index (χ4v) is 5.99. The predicted molar refractivity (Wildman–Crippen MR) is 91.2 cm³/mol. The summed E-state index contributed by atoms with van der Waals surface area (Å²) in [5.74, 6) is 1.09. The third-order valence-electron chi connectivity index (χ3n) is 7.02. The van der Waals surface area contributed by atoms with Gasteiger partial charge in [-0.05, 0) is 43.6 Å². The van der Waals surface area contributed by atoms with E-state index in [9.17, 15) is 0 Å². The van der Waals surface area contributed by atoms with Gasteiger partial charge in [0.1, 0.15) is 0 Å². The van der Waals surface area contributed by atoms with Gasteiger partial charge in [-0.3, -0.25) is 4.90 Å². The van der Waals surface area contributed by atoms with Gasteiger partial charge in [-0.1, -0.05) is 12.1 Å². The van der Waals surface area contributed by atoms with Gasteiger partial charge in [0.05, 0.1) is 25.7 Å². The molecule has 3 aliphatic heterocycles. The topological polar surface area (TPSA) is 40.2 Å². The Labute approximate surface area is 147 Å². The number of methoxy groups -OCH3 is 1. The highest BCUT2D eigenvalue weighted by Crippen LogP contribution is 2.64. The molecule has 0 saturated carbocycles. The number of nitrogens with zero attached hydrogens (tertiary/aromatic N) is 1. The van der Waals surface area contributed by atoms with E-state index >= 15 is 0 Å². The lowest BCUT2D eigenvalue weighted by molar-refractivity contribution is -0.226. The van der Waals surface area contributed by atoms with Crippen molar-refractivity contribution in [1.29, 1.82) is 0 Å². The predicted octanol–water partition coefficient (Wildman–Crippen LogP) is 2.03. The Bertz CT molecular complexity index is 797. The third kappa shape index (κ3) is 1.52. The van der Waals surface area contributed by atoms with Crippen molar-refractivity contribution in [3.63, 3.8) is 0 Å². The summed E-state index contributed by atoms with van der Waals surface area (Å²) < 4.78 is 24.6. The standard InChI is InChI=1S/C20H23NO4/c1-21-8-7-19-13-5-6-20(23-9-10-24-20)18(19)25-17-15(22-2)4-3-12(16(17)19)11-14(13)21/h3-5,14,18H,6-11H2,1-2H3/t14?,18-,19+/m1/s1. The largest absolute Gasteiger partial charge is 0.493 e. The van der Waals surface area contributed by atoms with E-state index in [0.717, 1.165) is 37.3 Å². The van der Waals surface area contributed by atoms with Crippen molar-refractivity contribution in [3.05, 3.63) is 34.9 Å². The van der Waals surface area contributed by atoms with Crippen molar-refractivity contribution >= 4 is 0 Å². The first-order chi connectivity index (χ1) is 12.2. The van der Waals surface area contributed by atoms with Crippen LogP contribution in [0.25, 0.3) is 0 Å². The second-order valence-corrected chi connectivity index (χ2v) is 7.92. The molecule has 0 radical (unpaired) electrons. The summed E-state index contributed by atoms with van der Waals surface area (Å²) in [4.78, 5) is 2.49. The minimum Gasteiger partial charge on any atom is -0.493 e. The monoisotopic (exact) mass is 341 g/mol. The van der Waals surface area contributed by atoms with Gasteiger partial charge in [0.25, 0.3) is 0 Å². The van der Waals surface area contributed by atoms with Gasteiger partial charge >= 0.3 is 0 Å². The lowest BCUT2D eigenvalue weighted by atomic mass is 9.55. The van der Waals surface area contributed by atoms with E-state index in [2.05, 4.69) is 30.2 Å². The molecule has 132 valence electrons. The van der Waals surface area contributed by atoms with Gasteiger partial charge in [-0.25, -0.2) is 0 Å². The zero-order chi connectivity index (χ0) is 16.8. The van der Waals surface area contributed by atoms with Gasteiger partial charge in [0.15, 0.2) is 17.6 Å². The minimum absolute atomic E-state index is 0.121. The molecule has 5 aliphatic rings. The number of likely N-dealkylation sites (tertiary alicyclic amines) is 1. The number of piperidine rings is 1. The molecule has 1 aromatic rings. The van der Waals surface area contributed by atoms with Crippen LogP contribution in [0.5, 0.6) is 11.5 Å². The van der Waals surface area contributed by atoms with Crippen LogP contribution < -0.4 is 9.47 Å². The number of likely N-dealkylation sites (N-methyl/N-ethyl adjacent to an activating group) is 1. The second-order valence-electron chi connectivity index (χ2n) is 7.92. The highest BCUT2D eigenvalue weighted by Gasteiger charge is 2.68. The summed E-state index contributed by atoms with van der Waals surface area (Å²) >= 11 is 0. The molecule has 25 heavy (non-hydrogen) atoms. The molecule has 0 amide bonds. The Morgan fingerprint density at radius 1 is 1.24 bits per heavy atom. The van der Waals surface area contributed by atoms with Crippen LogP contribution in [0.2, 0.25) is 0 Å². The average Bonchev–Trinajstić information content (AvgIpc) is 3.23. The maximum Gasteiger partial charge on any atom is 0.210 e. The van der Waals surface area contributed by atoms with E-state index in [1.54, 1.807) is 7.11 Å². The van der Waals surface area contributed by atoms with Crippen LogP contribution >= 0.6 is 0 Å². The molecule has 2 saturated heterocycles. The molecule has 2 spiro atoms.